The summed E-state index contributed by atoms with van der Waals surface area (Å²) in [5, 5.41) is 0. The zero-order valence-corrected chi connectivity index (χ0v) is 12.9. The van der Waals surface area contributed by atoms with Gasteiger partial charge in [-0.1, -0.05) is 18.2 Å². The minimum atomic E-state index is 0.0482. The molecule has 0 saturated carbocycles. The molecule has 2 aromatic rings. The standard InChI is InChI=1S/C16H17N3O2S/c20-16-10-21-15-9-18(7-13-6-17-11-22-13)8-14(15)19(16)12-4-2-1-3-5-12/h1-6,11,14-15H,7-10H2/t14-,15-/m0/s1. The molecule has 2 fully saturated rings. The van der Waals surface area contributed by atoms with Crippen molar-refractivity contribution in [1.29, 1.82) is 0 Å². The molecule has 4 rings (SSSR count). The van der Waals surface area contributed by atoms with Gasteiger partial charge in [0.15, 0.2) is 0 Å². The van der Waals surface area contributed by atoms with Crippen molar-refractivity contribution in [3.8, 4) is 0 Å². The van der Waals surface area contributed by atoms with Crippen molar-refractivity contribution < 1.29 is 9.53 Å². The number of benzene rings is 1. The van der Waals surface area contributed by atoms with E-state index in [-0.39, 0.29) is 24.7 Å². The Morgan fingerprint density at radius 2 is 2.14 bits per heavy atom. The van der Waals surface area contributed by atoms with E-state index in [1.807, 2.05) is 46.9 Å². The van der Waals surface area contributed by atoms with Crippen molar-refractivity contribution in [2.75, 3.05) is 24.6 Å². The molecule has 22 heavy (non-hydrogen) atoms. The summed E-state index contributed by atoms with van der Waals surface area (Å²) in [7, 11) is 0. The molecule has 2 aliphatic rings. The third-order valence-corrected chi connectivity index (χ3v) is 5.00. The van der Waals surface area contributed by atoms with Crippen LogP contribution in [0.4, 0.5) is 5.69 Å². The number of hydrogen-bond donors (Lipinski definition) is 0. The maximum absolute atomic E-state index is 12.3. The van der Waals surface area contributed by atoms with Gasteiger partial charge in [0.1, 0.15) is 6.61 Å². The van der Waals surface area contributed by atoms with Gasteiger partial charge in [-0.05, 0) is 12.1 Å². The molecule has 5 nitrogen and oxygen atoms in total. The molecule has 1 amide bonds. The molecular formula is C16H17N3O2S. The number of carbonyl (C=O) groups is 1. The van der Waals surface area contributed by atoms with E-state index in [1.165, 1.54) is 4.88 Å². The highest BCUT2D eigenvalue weighted by atomic mass is 32.1. The van der Waals surface area contributed by atoms with Gasteiger partial charge in [0.05, 0.1) is 17.7 Å². The number of thiazole rings is 1. The van der Waals surface area contributed by atoms with Crippen LogP contribution in [0.25, 0.3) is 0 Å². The Kier molecular flexibility index (Phi) is 3.65. The second-order valence-corrected chi connectivity index (χ2v) is 6.65. The Labute approximate surface area is 133 Å². The maximum Gasteiger partial charge on any atom is 0.253 e. The number of likely N-dealkylation sites (tertiary alicyclic amines) is 1. The van der Waals surface area contributed by atoms with Crippen LogP contribution in [-0.2, 0) is 16.1 Å². The van der Waals surface area contributed by atoms with Crippen LogP contribution in [0.3, 0.4) is 0 Å². The van der Waals surface area contributed by atoms with Crippen LogP contribution in [-0.4, -0.2) is 47.6 Å². The van der Waals surface area contributed by atoms with Crippen LogP contribution in [0.1, 0.15) is 4.88 Å². The lowest BCUT2D eigenvalue weighted by Crippen LogP contribution is -2.54. The molecule has 1 aromatic heterocycles. The number of fused-ring (bicyclic) bond motifs is 1. The molecule has 0 radical (unpaired) electrons. The summed E-state index contributed by atoms with van der Waals surface area (Å²) in [5.41, 5.74) is 2.82. The Bertz CT molecular complexity index is 647. The van der Waals surface area contributed by atoms with E-state index in [9.17, 15) is 4.79 Å². The molecular weight excluding hydrogens is 298 g/mol. The molecule has 1 aromatic carbocycles. The smallest absolute Gasteiger partial charge is 0.253 e. The van der Waals surface area contributed by atoms with Crippen LogP contribution >= 0.6 is 11.3 Å². The van der Waals surface area contributed by atoms with Crippen molar-refractivity contribution in [1.82, 2.24) is 9.88 Å². The van der Waals surface area contributed by atoms with Crippen LogP contribution in [0.2, 0.25) is 0 Å². The largest absolute Gasteiger partial charge is 0.365 e. The van der Waals surface area contributed by atoms with Gasteiger partial charge < -0.3 is 9.64 Å². The molecule has 2 saturated heterocycles. The van der Waals surface area contributed by atoms with E-state index in [4.69, 9.17) is 4.74 Å². The third kappa shape index (κ3) is 2.54. The van der Waals surface area contributed by atoms with E-state index in [0.717, 1.165) is 25.3 Å². The molecule has 3 heterocycles. The average molecular weight is 315 g/mol. The van der Waals surface area contributed by atoms with Crippen LogP contribution in [0.5, 0.6) is 0 Å². The van der Waals surface area contributed by atoms with Gasteiger partial charge in [-0.3, -0.25) is 14.7 Å². The van der Waals surface area contributed by atoms with Crippen molar-refractivity contribution in [3.63, 3.8) is 0 Å². The molecule has 0 bridgehead atoms. The van der Waals surface area contributed by atoms with Gasteiger partial charge in [0.25, 0.3) is 5.91 Å². The number of amides is 1. The number of ether oxygens (including phenoxy) is 1. The number of nitrogens with zero attached hydrogens (tertiary/aromatic N) is 3. The third-order valence-electron chi connectivity index (χ3n) is 4.23. The first-order valence-electron chi connectivity index (χ1n) is 7.40. The topological polar surface area (TPSA) is 45.7 Å². The lowest BCUT2D eigenvalue weighted by molar-refractivity contribution is -0.130. The predicted molar refractivity (Wildman–Crippen MR) is 84.8 cm³/mol. The van der Waals surface area contributed by atoms with Crippen molar-refractivity contribution in [2.45, 2.75) is 18.7 Å². The highest BCUT2D eigenvalue weighted by molar-refractivity contribution is 7.09. The number of carbonyl (C=O) groups excluding carboxylic acids is 1. The van der Waals surface area contributed by atoms with Gasteiger partial charge in [-0.25, -0.2) is 0 Å². The number of para-hydroxylation sites is 1. The molecule has 0 spiro atoms. The number of anilines is 1. The molecule has 114 valence electrons. The average Bonchev–Trinajstić information content (AvgIpc) is 3.17. The fraction of sp³-hybridized carbons (Fsp3) is 0.375. The second kappa shape index (κ2) is 5.79. The molecule has 0 aliphatic carbocycles. The number of rotatable bonds is 3. The normalized spacial score (nSPS) is 25.5. The Morgan fingerprint density at radius 3 is 2.91 bits per heavy atom. The first kappa shape index (κ1) is 13.9. The van der Waals surface area contributed by atoms with Gasteiger partial charge >= 0.3 is 0 Å². The van der Waals surface area contributed by atoms with E-state index in [1.54, 1.807) is 11.3 Å². The van der Waals surface area contributed by atoms with Gasteiger partial charge in [-0.15, -0.1) is 11.3 Å². The monoisotopic (exact) mass is 315 g/mol. The first-order valence-corrected chi connectivity index (χ1v) is 8.27. The maximum atomic E-state index is 12.3. The lowest BCUT2D eigenvalue weighted by atomic mass is 10.1. The highest BCUT2D eigenvalue weighted by Crippen LogP contribution is 2.29. The fourth-order valence-electron chi connectivity index (χ4n) is 3.27. The fourth-order valence-corrected chi connectivity index (χ4v) is 3.91. The number of morpholine rings is 1. The summed E-state index contributed by atoms with van der Waals surface area (Å²) in [6.07, 6.45) is 2.00. The van der Waals surface area contributed by atoms with E-state index in [2.05, 4.69) is 9.88 Å². The van der Waals surface area contributed by atoms with E-state index >= 15 is 0 Å². The summed E-state index contributed by atoms with van der Waals surface area (Å²) >= 11 is 1.67. The summed E-state index contributed by atoms with van der Waals surface area (Å²) in [6, 6.07) is 9.99. The van der Waals surface area contributed by atoms with Crippen LogP contribution in [0, 0.1) is 0 Å². The number of hydrogen-bond acceptors (Lipinski definition) is 5. The highest BCUT2D eigenvalue weighted by Gasteiger charge is 2.43. The van der Waals surface area contributed by atoms with Crippen molar-refractivity contribution in [2.24, 2.45) is 0 Å². The molecule has 2 aliphatic heterocycles. The summed E-state index contributed by atoms with van der Waals surface area (Å²) in [6.45, 7) is 2.74. The Hall–Kier alpha value is -1.76. The van der Waals surface area contributed by atoms with E-state index in [0.29, 0.717) is 0 Å². The summed E-state index contributed by atoms with van der Waals surface area (Å²) < 4.78 is 5.77. The van der Waals surface area contributed by atoms with Crippen LogP contribution < -0.4 is 4.90 Å². The molecule has 0 unspecified atom stereocenters. The molecule has 2 atom stereocenters. The first-order chi connectivity index (χ1) is 10.8. The van der Waals surface area contributed by atoms with Crippen molar-refractivity contribution >= 4 is 22.9 Å². The Morgan fingerprint density at radius 1 is 1.27 bits per heavy atom. The van der Waals surface area contributed by atoms with Crippen LogP contribution in [0.15, 0.2) is 42.0 Å². The van der Waals surface area contributed by atoms with Crippen molar-refractivity contribution in [3.05, 3.63) is 46.9 Å². The summed E-state index contributed by atoms with van der Waals surface area (Å²) in [5.74, 6) is 0.0482. The van der Waals surface area contributed by atoms with Gasteiger partial charge in [0, 0.05) is 36.4 Å². The quantitative estimate of drug-likeness (QED) is 0.866. The minimum Gasteiger partial charge on any atom is -0.365 e. The summed E-state index contributed by atoms with van der Waals surface area (Å²) in [4.78, 5) is 22.0. The molecule has 0 N–H and O–H groups in total. The second-order valence-electron chi connectivity index (χ2n) is 5.68. The van der Waals surface area contributed by atoms with Gasteiger partial charge in [0.2, 0.25) is 0 Å². The SMILES string of the molecule is O=C1CO[C@H]2CN(Cc3cncs3)C[C@@H]2N1c1ccccc1. The zero-order chi connectivity index (χ0) is 14.9. The number of aromatic nitrogens is 1. The lowest BCUT2D eigenvalue weighted by Gasteiger charge is -2.36. The zero-order valence-electron chi connectivity index (χ0n) is 12.1. The Balaban J connectivity index is 1.55. The minimum absolute atomic E-state index is 0.0482. The van der Waals surface area contributed by atoms with E-state index < -0.39 is 0 Å². The predicted octanol–water partition coefficient (Wildman–Crippen LogP) is 1.76. The van der Waals surface area contributed by atoms with Gasteiger partial charge in [-0.2, -0.15) is 0 Å². The molecule has 6 heteroatoms.